The number of rotatable bonds is 10. The number of ether oxygens (including phenoxy) is 5. The molecule has 12 aliphatic rings. The summed E-state index contributed by atoms with van der Waals surface area (Å²) in [6.45, 7) is 26.0. The maximum Gasteiger partial charge on any atom is 0.134 e. The number of morpholine rings is 3. The lowest BCUT2D eigenvalue weighted by atomic mass is 9.68. The lowest BCUT2D eigenvalue weighted by Crippen LogP contribution is -2.59. The third-order valence-corrected chi connectivity index (χ3v) is 22.9. The zero-order chi connectivity index (χ0) is 57.7. The molecule has 6 aromatic rings. The van der Waals surface area contributed by atoms with Gasteiger partial charge >= 0.3 is 0 Å². The summed E-state index contributed by atoms with van der Waals surface area (Å²) in [5, 5.41) is 15.0. The van der Waals surface area contributed by atoms with Crippen molar-refractivity contribution in [2.24, 2.45) is 17.8 Å². The van der Waals surface area contributed by atoms with E-state index in [2.05, 4.69) is 123 Å². The van der Waals surface area contributed by atoms with Crippen molar-refractivity contribution in [3.63, 3.8) is 0 Å². The predicted octanol–water partition coefficient (Wildman–Crippen LogP) is 9.98. The van der Waals surface area contributed by atoms with Gasteiger partial charge in [0, 0.05) is 118 Å². The highest BCUT2D eigenvalue weighted by molar-refractivity contribution is 6.18. The van der Waals surface area contributed by atoms with Crippen LogP contribution in [0.2, 0.25) is 0 Å². The highest BCUT2D eigenvalue weighted by atomic mass is 35.5. The Bertz CT molecular complexity index is 3290. The minimum atomic E-state index is -0.331. The third kappa shape index (κ3) is 10.8. The van der Waals surface area contributed by atoms with Crippen LogP contribution in [0.1, 0.15) is 129 Å². The zero-order valence-electron chi connectivity index (χ0n) is 51.4. The average molecular weight is 1200 g/mol. The number of alkyl halides is 1. The number of benzene rings is 3. The minimum absolute atomic E-state index is 0.167. The monoisotopic (exact) mass is 1190 g/mol. The summed E-state index contributed by atoms with van der Waals surface area (Å²) in [7, 11) is 0. The Morgan fingerprint density at radius 2 is 0.965 bits per heavy atom. The first-order valence-corrected chi connectivity index (χ1v) is 34.4. The molecule has 1 unspecified atom stereocenters. The molecule has 1 N–H and O–H groups in total. The molecule has 0 bridgehead atoms. The number of para-hydroxylation sites is 3. The first-order chi connectivity index (χ1) is 42.4. The number of halogens is 1. The van der Waals surface area contributed by atoms with Crippen molar-refractivity contribution in [1.82, 2.24) is 43.1 Å². The number of hydrogen-bond donors (Lipinski definition) is 1. The van der Waals surface area contributed by atoms with Crippen LogP contribution in [0.25, 0.3) is 32.7 Å². The Morgan fingerprint density at radius 1 is 0.500 bits per heavy atom. The molecule has 3 aromatic heterocycles. The highest BCUT2D eigenvalue weighted by Crippen LogP contribution is 2.56. The smallest absolute Gasteiger partial charge is 0.134 e. The molecular weight excluding hydrogens is 1100 g/mol. The van der Waals surface area contributed by atoms with E-state index >= 15 is 0 Å². The number of nitrogens with zero attached hydrogens (tertiary/aromatic N) is 9. The van der Waals surface area contributed by atoms with E-state index in [0.29, 0.717) is 23.9 Å². The Kier molecular flexibility index (Phi) is 17.5. The van der Waals surface area contributed by atoms with E-state index in [9.17, 15) is 5.11 Å². The quantitative estimate of drug-likeness (QED) is 0.132. The molecule has 6 saturated heterocycles. The minimum Gasteiger partial charge on any atom is -0.379 e. The number of aliphatic hydroxyl groups excluding tert-OH is 1. The van der Waals surface area contributed by atoms with E-state index in [1.54, 1.807) is 22.5 Å². The fraction of sp³-hybridized carbons (Fsp3) is 0.657. The second kappa shape index (κ2) is 25.8. The van der Waals surface area contributed by atoms with E-state index in [4.69, 9.17) is 35.3 Å². The molecular formula is C70H96ClN9O6. The Labute approximate surface area is 515 Å². The van der Waals surface area contributed by atoms with Crippen LogP contribution in [0.15, 0.2) is 72.8 Å². The Balaban J connectivity index is 0.000000103. The summed E-state index contributed by atoms with van der Waals surface area (Å²) in [5.74, 6) is 2.83. The topological polar surface area (TPSA) is 101 Å². The van der Waals surface area contributed by atoms with Gasteiger partial charge in [0.2, 0.25) is 0 Å². The van der Waals surface area contributed by atoms with Crippen LogP contribution < -0.4 is 0 Å². The number of hydrogen-bond acceptors (Lipinski definition) is 12. The van der Waals surface area contributed by atoms with Crippen LogP contribution in [0.3, 0.4) is 0 Å². The second-order valence-corrected chi connectivity index (χ2v) is 27.5. The van der Waals surface area contributed by atoms with Gasteiger partial charge in [0.25, 0.3) is 0 Å². The van der Waals surface area contributed by atoms with Crippen LogP contribution in [-0.2, 0) is 48.5 Å². The molecule has 0 amide bonds. The molecule has 12 aliphatic heterocycles. The number of aromatic nitrogens is 3. The van der Waals surface area contributed by atoms with Gasteiger partial charge in [-0.1, -0.05) is 54.6 Å². The van der Waals surface area contributed by atoms with Gasteiger partial charge in [-0.25, -0.2) is 0 Å². The van der Waals surface area contributed by atoms with Crippen LogP contribution >= 0.6 is 11.6 Å². The summed E-state index contributed by atoms with van der Waals surface area (Å²) >= 11 is 5.55. The van der Waals surface area contributed by atoms with Gasteiger partial charge in [-0.05, 0) is 156 Å². The third-order valence-electron chi connectivity index (χ3n) is 22.8. The SMILES string of the molecule is C[C@]12c3c4c5ccccc5n3[C@@H](OCCN3CCOCC3)C[C@@H]1CCCN2CC4.ClCCN1CCOCC1.OC1C[C@@H]2CCCN3CCc4c(n1c1ccccc41)[C@@H]23.c1ccc2c(c1)c1c3n2[C@H](OCCN2CCOCC2)C[C@@H]2CCCN(CC1)[C@@H]32. The van der Waals surface area contributed by atoms with Crippen molar-refractivity contribution >= 4 is 44.3 Å². The zero-order valence-corrected chi connectivity index (χ0v) is 52.2. The summed E-state index contributed by atoms with van der Waals surface area (Å²) in [6.07, 6.45) is 14.7. The molecule has 86 heavy (non-hydrogen) atoms. The van der Waals surface area contributed by atoms with Crippen LogP contribution in [-0.4, -0.2) is 205 Å². The highest BCUT2D eigenvalue weighted by Gasteiger charge is 2.54. The van der Waals surface area contributed by atoms with Gasteiger partial charge in [-0.3, -0.25) is 29.4 Å². The standard InChI is InChI=1S/C24H33N3O2.C23H31N3O2.C17H20N2O.C6H12ClNO/c1-24-18-5-4-9-26(24)10-8-20-19-6-2-3-7-21(19)27(23(20)24)22(17-18)29-16-13-25-11-14-28-15-12-25;1-2-6-20-18(5-1)19-7-9-25-8-3-4-17-16-21(26(20)23(19)22(17)25)28-15-12-24-10-13-27-14-11-24;20-15-10-11-4-3-8-18-9-7-13-12-5-1-2-6-14(12)19(15)17(13)16(11)18;7-1-2-8-3-5-9-6-4-8/h2-3,6-7,18,22H,4-5,8-17H2,1H3;1-2,5-6,17,21-22H,3-4,7-16H2;1-2,5-6,11,15-16,20H,3-4,7-10H2;1-6H2/t18-,22-,24+;17-,21+,22+;11-,15?,16+;/m000./s1. The molecule has 464 valence electrons. The van der Waals surface area contributed by atoms with Crippen LogP contribution in [0, 0.1) is 17.8 Å². The van der Waals surface area contributed by atoms with Gasteiger partial charge in [0.05, 0.1) is 87.0 Å². The molecule has 0 aliphatic carbocycles. The molecule has 15 heterocycles. The van der Waals surface area contributed by atoms with Gasteiger partial charge in [0.15, 0.2) is 0 Å². The molecule has 3 aromatic carbocycles. The van der Waals surface area contributed by atoms with Crippen molar-refractivity contribution in [3.8, 4) is 0 Å². The van der Waals surface area contributed by atoms with Crippen molar-refractivity contribution in [3.05, 3.63) is 107 Å². The molecule has 15 nitrogen and oxygen atoms in total. The molecule has 16 heteroatoms. The fourth-order valence-corrected chi connectivity index (χ4v) is 19.0. The van der Waals surface area contributed by atoms with Crippen molar-refractivity contribution in [1.29, 1.82) is 0 Å². The van der Waals surface area contributed by atoms with Gasteiger partial charge in [0.1, 0.15) is 18.7 Å². The lowest BCUT2D eigenvalue weighted by Gasteiger charge is -2.57. The molecule has 18 rings (SSSR count). The number of fused-ring (bicyclic) bond motifs is 9. The van der Waals surface area contributed by atoms with Crippen molar-refractivity contribution in [2.45, 2.75) is 120 Å². The molecule has 9 atom stereocenters. The molecule has 0 saturated carbocycles. The largest absolute Gasteiger partial charge is 0.379 e. The van der Waals surface area contributed by atoms with Crippen LogP contribution in [0.5, 0.6) is 0 Å². The lowest BCUT2D eigenvalue weighted by molar-refractivity contribution is -0.101. The Hall–Kier alpha value is -3.91. The number of aliphatic hydroxyl groups is 1. The van der Waals surface area contributed by atoms with Crippen molar-refractivity contribution < 1.29 is 28.8 Å². The predicted molar refractivity (Wildman–Crippen MR) is 340 cm³/mol. The van der Waals surface area contributed by atoms with Crippen molar-refractivity contribution in [2.75, 3.05) is 157 Å². The van der Waals surface area contributed by atoms with E-state index in [1.807, 2.05) is 0 Å². The van der Waals surface area contributed by atoms with Gasteiger partial charge < -0.3 is 42.5 Å². The maximum absolute atomic E-state index is 10.7. The first kappa shape index (κ1) is 58.5. The van der Waals surface area contributed by atoms with E-state index < -0.39 is 0 Å². The average Bonchev–Trinajstić information content (AvgIpc) is 1.55. The summed E-state index contributed by atoms with van der Waals surface area (Å²) in [4.78, 5) is 15.5. The normalized spacial score (nSPS) is 30.7. The van der Waals surface area contributed by atoms with E-state index in [0.717, 1.165) is 149 Å². The molecule has 0 spiro atoms. The summed E-state index contributed by atoms with van der Waals surface area (Å²) in [6, 6.07) is 27.8. The van der Waals surface area contributed by atoms with Gasteiger partial charge in [-0.15, -0.1) is 11.6 Å². The molecule has 6 fully saturated rings. The summed E-state index contributed by atoms with van der Waals surface area (Å²) < 4.78 is 36.8. The Morgan fingerprint density at radius 3 is 1.53 bits per heavy atom. The van der Waals surface area contributed by atoms with Crippen LogP contribution in [0.4, 0.5) is 0 Å². The number of piperidine rings is 3. The molecule has 0 radical (unpaired) electrons. The van der Waals surface area contributed by atoms with E-state index in [-0.39, 0.29) is 24.2 Å². The second-order valence-electron chi connectivity index (χ2n) is 27.1. The fourth-order valence-electron chi connectivity index (χ4n) is 18.7. The van der Waals surface area contributed by atoms with Gasteiger partial charge in [-0.2, -0.15) is 0 Å². The first-order valence-electron chi connectivity index (χ1n) is 33.9. The van der Waals surface area contributed by atoms with E-state index in [1.165, 1.54) is 135 Å². The maximum atomic E-state index is 10.7. The summed E-state index contributed by atoms with van der Waals surface area (Å²) in [5.41, 5.74) is 13.4.